The van der Waals surface area contributed by atoms with Crippen molar-refractivity contribution in [3.05, 3.63) is 23.8 Å². The maximum atomic E-state index is 5.71. The highest BCUT2D eigenvalue weighted by atomic mass is 14.8. The van der Waals surface area contributed by atoms with Crippen molar-refractivity contribution < 1.29 is 0 Å². The summed E-state index contributed by atoms with van der Waals surface area (Å²) in [5.74, 6) is 0. The molecule has 0 aliphatic carbocycles. The number of nitrogen functional groups attached to an aromatic ring is 1. The topological polar surface area (TPSA) is 38.0 Å². The lowest BCUT2D eigenvalue weighted by molar-refractivity contribution is 0.592. The van der Waals surface area contributed by atoms with E-state index in [0.29, 0.717) is 0 Å². The Bertz CT molecular complexity index is 297. The number of nitrogens with one attached hydrogen (secondary N) is 1. The van der Waals surface area contributed by atoms with Gasteiger partial charge in [0.05, 0.1) is 0 Å². The first-order valence-electron chi connectivity index (χ1n) is 4.53. The molecule has 2 nitrogen and oxygen atoms in total. The predicted octanol–water partition coefficient (Wildman–Crippen LogP) is 2.61. The fraction of sp³-hybridized carbons (Fsp3) is 0.455. The van der Waals surface area contributed by atoms with Gasteiger partial charge < -0.3 is 11.1 Å². The average Bonchev–Trinajstić information content (AvgIpc) is 2.01. The quantitative estimate of drug-likeness (QED) is 0.649. The Hall–Kier alpha value is -1.18. The Morgan fingerprint density at radius 3 is 2.31 bits per heavy atom. The number of rotatable bonds is 1. The third-order valence-corrected chi connectivity index (χ3v) is 2.12. The SMILES string of the molecule is CNc1cc(N)ccc1C(C)(C)C. The maximum Gasteiger partial charge on any atom is 0.0396 e. The molecular weight excluding hydrogens is 160 g/mol. The van der Waals surface area contributed by atoms with Crippen molar-refractivity contribution in [2.45, 2.75) is 26.2 Å². The monoisotopic (exact) mass is 178 g/mol. The van der Waals surface area contributed by atoms with E-state index in [2.05, 4.69) is 32.2 Å². The van der Waals surface area contributed by atoms with Crippen LogP contribution in [0, 0.1) is 0 Å². The van der Waals surface area contributed by atoms with E-state index in [9.17, 15) is 0 Å². The zero-order valence-electron chi connectivity index (χ0n) is 8.81. The third-order valence-electron chi connectivity index (χ3n) is 2.12. The molecule has 1 aromatic carbocycles. The van der Waals surface area contributed by atoms with Crippen LogP contribution in [0.4, 0.5) is 11.4 Å². The Kier molecular flexibility index (Phi) is 2.50. The lowest BCUT2D eigenvalue weighted by atomic mass is 9.85. The number of benzene rings is 1. The van der Waals surface area contributed by atoms with Crippen LogP contribution in [0.3, 0.4) is 0 Å². The zero-order valence-corrected chi connectivity index (χ0v) is 8.81. The Labute approximate surface area is 80.1 Å². The Morgan fingerprint density at radius 1 is 1.23 bits per heavy atom. The van der Waals surface area contributed by atoms with Crippen LogP contribution in [0.5, 0.6) is 0 Å². The highest BCUT2D eigenvalue weighted by Gasteiger charge is 2.16. The van der Waals surface area contributed by atoms with Crippen molar-refractivity contribution in [1.82, 2.24) is 0 Å². The Balaban J connectivity index is 3.22. The standard InChI is InChI=1S/C11H18N2/c1-11(2,3)9-6-5-8(12)7-10(9)13-4/h5-7,13H,12H2,1-4H3. The van der Waals surface area contributed by atoms with Gasteiger partial charge in [-0.25, -0.2) is 0 Å². The van der Waals surface area contributed by atoms with E-state index in [-0.39, 0.29) is 5.41 Å². The maximum absolute atomic E-state index is 5.71. The zero-order chi connectivity index (χ0) is 10.1. The van der Waals surface area contributed by atoms with Crippen molar-refractivity contribution in [2.75, 3.05) is 18.1 Å². The number of anilines is 2. The first-order valence-corrected chi connectivity index (χ1v) is 4.53. The van der Waals surface area contributed by atoms with E-state index in [0.717, 1.165) is 11.4 Å². The molecule has 13 heavy (non-hydrogen) atoms. The van der Waals surface area contributed by atoms with Gasteiger partial charge in [-0.1, -0.05) is 26.8 Å². The molecule has 3 N–H and O–H groups in total. The van der Waals surface area contributed by atoms with Gasteiger partial charge in [0.1, 0.15) is 0 Å². The van der Waals surface area contributed by atoms with Crippen molar-refractivity contribution in [2.24, 2.45) is 0 Å². The molecule has 0 spiro atoms. The van der Waals surface area contributed by atoms with Gasteiger partial charge in [-0.2, -0.15) is 0 Å². The van der Waals surface area contributed by atoms with E-state index in [1.165, 1.54) is 5.56 Å². The molecule has 1 aromatic rings. The van der Waals surface area contributed by atoms with Gasteiger partial charge in [0.25, 0.3) is 0 Å². The second-order valence-electron chi connectivity index (χ2n) is 4.31. The molecule has 0 heterocycles. The normalized spacial score (nSPS) is 11.4. The molecule has 2 heteroatoms. The number of nitrogens with two attached hydrogens (primary N) is 1. The number of hydrogen-bond donors (Lipinski definition) is 2. The molecule has 0 radical (unpaired) electrons. The van der Waals surface area contributed by atoms with E-state index < -0.39 is 0 Å². The molecule has 0 amide bonds. The largest absolute Gasteiger partial charge is 0.399 e. The van der Waals surface area contributed by atoms with E-state index >= 15 is 0 Å². The van der Waals surface area contributed by atoms with Crippen molar-refractivity contribution in [3.63, 3.8) is 0 Å². The third kappa shape index (κ3) is 2.14. The highest BCUT2D eigenvalue weighted by Crippen LogP contribution is 2.30. The van der Waals surface area contributed by atoms with Gasteiger partial charge >= 0.3 is 0 Å². The van der Waals surface area contributed by atoms with Crippen LogP contribution in [0.2, 0.25) is 0 Å². The van der Waals surface area contributed by atoms with Crippen LogP contribution in [0.1, 0.15) is 26.3 Å². The van der Waals surface area contributed by atoms with Crippen molar-refractivity contribution in [3.8, 4) is 0 Å². The molecule has 0 atom stereocenters. The van der Waals surface area contributed by atoms with Gasteiger partial charge in [-0.3, -0.25) is 0 Å². The first-order chi connectivity index (χ1) is 5.95. The molecular formula is C11H18N2. The van der Waals surface area contributed by atoms with Crippen LogP contribution in [-0.4, -0.2) is 7.05 Å². The van der Waals surface area contributed by atoms with E-state index in [1.807, 2.05) is 19.2 Å². The van der Waals surface area contributed by atoms with Crippen molar-refractivity contribution >= 4 is 11.4 Å². The summed E-state index contributed by atoms with van der Waals surface area (Å²) in [5.41, 5.74) is 9.08. The summed E-state index contributed by atoms with van der Waals surface area (Å²) in [6, 6.07) is 6.00. The van der Waals surface area contributed by atoms with Gasteiger partial charge in [0.2, 0.25) is 0 Å². The minimum absolute atomic E-state index is 0.159. The summed E-state index contributed by atoms with van der Waals surface area (Å²) in [5, 5.41) is 3.16. The molecule has 0 aromatic heterocycles. The lowest BCUT2D eigenvalue weighted by Crippen LogP contribution is -2.13. The van der Waals surface area contributed by atoms with Crippen LogP contribution in [0.25, 0.3) is 0 Å². The summed E-state index contributed by atoms with van der Waals surface area (Å²) in [6.45, 7) is 6.58. The summed E-state index contributed by atoms with van der Waals surface area (Å²) in [4.78, 5) is 0. The van der Waals surface area contributed by atoms with Crippen LogP contribution in [-0.2, 0) is 5.41 Å². The molecule has 0 bridgehead atoms. The summed E-state index contributed by atoms with van der Waals surface area (Å²) in [7, 11) is 1.92. The van der Waals surface area contributed by atoms with Gasteiger partial charge in [-0.05, 0) is 23.1 Å². The van der Waals surface area contributed by atoms with E-state index in [1.54, 1.807) is 0 Å². The van der Waals surface area contributed by atoms with Crippen LogP contribution >= 0.6 is 0 Å². The average molecular weight is 178 g/mol. The minimum atomic E-state index is 0.159. The molecule has 1 rings (SSSR count). The predicted molar refractivity (Wildman–Crippen MR) is 59.1 cm³/mol. The number of hydrogen-bond acceptors (Lipinski definition) is 2. The molecule has 72 valence electrons. The second kappa shape index (κ2) is 3.29. The van der Waals surface area contributed by atoms with Gasteiger partial charge in [0, 0.05) is 18.4 Å². The van der Waals surface area contributed by atoms with Gasteiger partial charge in [0.15, 0.2) is 0 Å². The van der Waals surface area contributed by atoms with Crippen LogP contribution < -0.4 is 11.1 Å². The van der Waals surface area contributed by atoms with Crippen molar-refractivity contribution in [1.29, 1.82) is 0 Å². The lowest BCUT2D eigenvalue weighted by Gasteiger charge is -2.22. The minimum Gasteiger partial charge on any atom is -0.399 e. The molecule has 0 saturated carbocycles. The highest BCUT2D eigenvalue weighted by molar-refractivity contribution is 5.61. The molecule has 0 saturated heterocycles. The summed E-state index contributed by atoms with van der Waals surface area (Å²) in [6.07, 6.45) is 0. The molecule has 0 aliphatic rings. The molecule has 0 aliphatic heterocycles. The molecule has 0 fully saturated rings. The second-order valence-corrected chi connectivity index (χ2v) is 4.31. The van der Waals surface area contributed by atoms with Gasteiger partial charge in [-0.15, -0.1) is 0 Å². The smallest absolute Gasteiger partial charge is 0.0396 e. The first kappa shape index (κ1) is 9.90. The summed E-state index contributed by atoms with van der Waals surface area (Å²) >= 11 is 0. The fourth-order valence-electron chi connectivity index (χ4n) is 1.42. The fourth-order valence-corrected chi connectivity index (χ4v) is 1.42. The Morgan fingerprint density at radius 2 is 1.85 bits per heavy atom. The van der Waals surface area contributed by atoms with Crippen LogP contribution in [0.15, 0.2) is 18.2 Å². The summed E-state index contributed by atoms with van der Waals surface area (Å²) < 4.78 is 0. The molecule has 0 unspecified atom stereocenters. The van der Waals surface area contributed by atoms with E-state index in [4.69, 9.17) is 5.73 Å².